The monoisotopic (exact) mass is 345 g/mol. The Morgan fingerprint density at radius 3 is 2.52 bits per heavy atom. The molecule has 0 spiro atoms. The lowest BCUT2D eigenvalue weighted by atomic mass is 10.1. The molecule has 2 rings (SSSR count). The molecule has 4 nitrogen and oxygen atoms in total. The number of thiocarbonyl (C=S) groups is 1. The number of nitrogens with zero attached hydrogens (tertiary/aromatic N) is 2. The first-order valence-corrected chi connectivity index (χ1v) is 8.68. The number of amides is 1. The van der Waals surface area contributed by atoms with Gasteiger partial charge in [0, 0.05) is 26.2 Å². The molecule has 1 amide bonds. The van der Waals surface area contributed by atoms with Gasteiger partial charge in [0.05, 0.1) is 16.1 Å². The zero-order chi connectivity index (χ0) is 15.6. The number of carbonyl (C=O) groups is 1. The molecule has 0 saturated carbocycles. The molecule has 7 heteroatoms. The van der Waals surface area contributed by atoms with Crippen molar-refractivity contribution in [3.8, 4) is 0 Å². The molecule has 0 aromatic carbocycles. The van der Waals surface area contributed by atoms with Crippen LogP contribution in [-0.2, 0) is 0 Å². The zero-order valence-corrected chi connectivity index (χ0v) is 14.7. The molecule has 21 heavy (non-hydrogen) atoms. The standard InChI is InChI=1S/C14H20ClN3OS2/c1-3-10(13(16)20)17-4-6-18(7-5-17)14(19)12-11(15)9(2)8-21-12/h8,10H,3-7H2,1-2H3,(H2,16,20). The molecule has 116 valence electrons. The molecule has 0 bridgehead atoms. The van der Waals surface area contributed by atoms with Crippen LogP contribution in [0.3, 0.4) is 0 Å². The SMILES string of the molecule is CCC(C(N)=S)N1CCN(C(=O)c2scc(C)c2Cl)CC1. The van der Waals surface area contributed by atoms with E-state index in [0.717, 1.165) is 25.1 Å². The van der Waals surface area contributed by atoms with Gasteiger partial charge in [0.2, 0.25) is 0 Å². The van der Waals surface area contributed by atoms with Gasteiger partial charge in [0.15, 0.2) is 0 Å². The minimum atomic E-state index is 0.0288. The molecule has 1 aromatic rings. The predicted octanol–water partition coefficient (Wildman–Crippen LogP) is 2.53. The molecule has 1 atom stereocenters. The number of nitrogens with two attached hydrogens (primary N) is 1. The summed E-state index contributed by atoms with van der Waals surface area (Å²) >= 11 is 12.7. The lowest BCUT2D eigenvalue weighted by molar-refractivity contribution is 0.0616. The molecule has 1 aliphatic heterocycles. The van der Waals surface area contributed by atoms with E-state index >= 15 is 0 Å². The largest absolute Gasteiger partial charge is 0.392 e. The van der Waals surface area contributed by atoms with Gasteiger partial charge in [0.25, 0.3) is 5.91 Å². The Hall–Kier alpha value is -0.690. The third-order valence-corrected chi connectivity index (χ3v) is 5.81. The molecule has 2 N–H and O–H groups in total. The summed E-state index contributed by atoms with van der Waals surface area (Å²) in [5.41, 5.74) is 6.74. The van der Waals surface area contributed by atoms with Gasteiger partial charge >= 0.3 is 0 Å². The van der Waals surface area contributed by atoms with Crippen LogP contribution in [0.25, 0.3) is 0 Å². The van der Waals surface area contributed by atoms with E-state index in [0.29, 0.717) is 28.0 Å². The molecule has 1 saturated heterocycles. The maximum absolute atomic E-state index is 12.5. The van der Waals surface area contributed by atoms with E-state index in [4.69, 9.17) is 29.6 Å². The van der Waals surface area contributed by atoms with Crippen molar-refractivity contribution >= 4 is 46.1 Å². The smallest absolute Gasteiger partial charge is 0.265 e. The van der Waals surface area contributed by atoms with E-state index in [9.17, 15) is 4.79 Å². The number of hydrogen-bond acceptors (Lipinski definition) is 4. The molecule has 0 aliphatic carbocycles. The van der Waals surface area contributed by atoms with Crippen LogP contribution in [-0.4, -0.2) is 52.9 Å². The van der Waals surface area contributed by atoms with Crippen LogP contribution in [0.2, 0.25) is 5.02 Å². The maximum Gasteiger partial charge on any atom is 0.265 e. The number of hydrogen-bond donors (Lipinski definition) is 1. The average Bonchev–Trinajstić information content (AvgIpc) is 2.79. The molecular weight excluding hydrogens is 326 g/mol. The van der Waals surface area contributed by atoms with Crippen molar-refractivity contribution in [3.05, 3.63) is 20.8 Å². The number of thiophene rings is 1. The van der Waals surface area contributed by atoms with Gasteiger partial charge in [-0.05, 0) is 24.3 Å². The van der Waals surface area contributed by atoms with Gasteiger partial charge in [-0.1, -0.05) is 30.7 Å². The van der Waals surface area contributed by atoms with Crippen LogP contribution < -0.4 is 5.73 Å². The number of aryl methyl sites for hydroxylation is 1. The van der Waals surface area contributed by atoms with Gasteiger partial charge in [-0.2, -0.15) is 0 Å². The van der Waals surface area contributed by atoms with Crippen LogP contribution >= 0.6 is 35.2 Å². The number of halogens is 1. The Labute approximate surface area is 139 Å². The second-order valence-electron chi connectivity index (χ2n) is 5.22. The second-order valence-corrected chi connectivity index (χ2v) is 6.95. The summed E-state index contributed by atoms with van der Waals surface area (Å²) < 4.78 is 0. The Kier molecular flexibility index (Phi) is 5.60. The summed E-state index contributed by atoms with van der Waals surface area (Å²) in [6, 6.07) is 0.129. The lowest BCUT2D eigenvalue weighted by Gasteiger charge is -2.38. The van der Waals surface area contributed by atoms with Gasteiger partial charge in [-0.15, -0.1) is 11.3 Å². The predicted molar refractivity (Wildman–Crippen MR) is 92.4 cm³/mol. The minimum Gasteiger partial charge on any atom is -0.392 e. The molecule has 0 radical (unpaired) electrons. The molecule has 2 heterocycles. The van der Waals surface area contributed by atoms with Crippen LogP contribution in [0.15, 0.2) is 5.38 Å². The summed E-state index contributed by atoms with van der Waals surface area (Å²) in [6.45, 7) is 6.96. The second kappa shape index (κ2) is 7.05. The van der Waals surface area contributed by atoms with E-state index in [-0.39, 0.29) is 11.9 Å². The lowest BCUT2D eigenvalue weighted by Crippen LogP contribution is -2.54. The van der Waals surface area contributed by atoms with Gasteiger partial charge in [-0.25, -0.2) is 0 Å². The third kappa shape index (κ3) is 3.56. The highest BCUT2D eigenvalue weighted by Crippen LogP contribution is 2.28. The third-order valence-electron chi connectivity index (χ3n) is 3.85. The maximum atomic E-state index is 12.5. The van der Waals surface area contributed by atoms with Gasteiger partial charge in [0.1, 0.15) is 4.88 Å². The minimum absolute atomic E-state index is 0.0288. The summed E-state index contributed by atoms with van der Waals surface area (Å²) in [5, 5.41) is 2.51. The summed E-state index contributed by atoms with van der Waals surface area (Å²) in [7, 11) is 0. The fraction of sp³-hybridized carbons (Fsp3) is 0.571. The van der Waals surface area contributed by atoms with E-state index in [1.54, 1.807) is 0 Å². The van der Waals surface area contributed by atoms with Gasteiger partial charge in [-0.3, -0.25) is 9.69 Å². The van der Waals surface area contributed by atoms with Crippen molar-refractivity contribution in [3.63, 3.8) is 0 Å². The van der Waals surface area contributed by atoms with Gasteiger partial charge < -0.3 is 10.6 Å². The first-order valence-electron chi connectivity index (χ1n) is 7.02. The normalized spacial score (nSPS) is 17.8. The van der Waals surface area contributed by atoms with Crippen molar-refractivity contribution in [2.75, 3.05) is 26.2 Å². The van der Waals surface area contributed by atoms with Crippen LogP contribution in [0.4, 0.5) is 0 Å². The summed E-state index contributed by atoms with van der Waals surface area (Å²) in [5.74, 6) is 0.0288. The van der Waals surface area contributed by atoms with Crippen LogP contribution in [0.1, 0.15) is 28.6 Å². The highest BCUT2D eigenvalue weighted by atomic mass is 35.5. The van der Waals surface area contributed by atoms with Crippen molar-refractivity contribution in [2.24, 2.45) is 5.73 Å². The van der Waals surface area contributed by atoms with Crippen molar-refractivity contribution < 1.29 is 4.79 Å². The van der Waals surface area contributed by atoms with Crippen molar-refractivity contribution in [1.82, 2.24) is 9.80 Å². The van der Waals surface area contributed by atoms with E-state index in [2.05, 4.69) is 11.8 Å². The fourth-order valence-corrected chi connectivity index (χ4v) is 4.15. The number of carbonyl (C=O) groups excluding carboxylic acids is 1. The summed E-state index contributed by atoms with van der Waals surface area (Å²) in [4.78, 5) is 17.8. The first-order chi connectivity index (χ1) is 9.95. The average molecular weight is 346 g/mol. The van der Waals surface area contributed by atoms with E-state index in [1.807, 2.05) is 17.2 Å². The highest BCUT2D eigenvalue weighted by Gasteiger charge is 2.28. The zero-order valence-electron chi connectivity index (χ0n) is 12.3. The molecule has 1 aromatic heterocycles. The Bertz CT molecular complexity index is 538. The quantitative estimate of drug-likeness (QED) is 0.852. The first kappa shape index (κ1) is 16.7. The van der Waals surface area contributed by atoms with Crippen LogP contribution in [0.5, 0.6) is 0 Å². The van der Waals surface area contributed by atoms with E-state index in [1.165, 1.54) is 11.3 Å². The number of piperazine rings is 1. The summed E-state index contributed by atoms with van der Waals surface area (Å²) in [6.07, 6.45) is 0.902. The molecule has 1 unspecified atom stereocenters. The molecule has 1 aliphatic rings. The van der Waals surface area contributed by atoms with Crippen molar-refractivity contribution in [1.29, 1.82) is 0 Å². The highest BCUT2D eigenvalue weighted by molar-refractivity contribution is 7.80. The number of rotatable bonds is 4. The Balaban J connectivity index is 1.99. The van der Waals surface area contributed by atoms with Crippen molar-refractivity contribution in [2.45, 2.75) is 26.3 Å². The fourth-order valence-electron chi connectivity index (χ4n) is 2.59. The van der Waals surface area contributed by atoms with E-state index < -0.39 is 0 Å². The molecular formula is C14H20ClN3OS2. The topological polar surface area (TPSA) is 49.6 Å². The molecule has 1 fully saturated rings. The van der Waals surface area contributed by atoms with Crippen LogP contribution in [0, 0.1) is 6.92 Å². The Morgan fingerprint density at radius 2 is 2.10 bits per heavy atom. The Morgan fingerprint density at radius 1 is 1.48 bits per heavy atom.